The van der Waals surface area contributed by atoms with E-state index in [1.54, 1.807) is 19.2 Å². The topological polar surface area (TPSA) is 88.5 Å². The molecule has 1 aliphatic carbocycles. The monoisotopic (exact) mass is 431 g/mol. The summed E-state index contributed by atoms with van der Waals surface area (Å²) in [6, 6.07) is 13.4. The molecule has 5 rings (SSSR count). The number of likely N-dealkylation sites (tertiary alicyclic amines) is 1. The van der Waals surface area contributed by atoms with Gasteiger partial charge in [-0.2, -0.15) is 0 Å². The van der Waals surface area contributed by atoms with Crippen LogP contribution in [0.5, 0.6) is 5.75 Å². The van der Waals surface area contributed by atoms with Crippen molar-refractivity contribution in [2.75, 3.05) is 20.2 Å². The van der Waals surface area contributed by atoms with Crippen LogP contribution in [0.25, 0.3) is 10.9 Å². The minimum Gasteiger partial charge on any atom is -0.497 e. The van der Waals surface area contributed by atoms with Gasteiger partial charge in [0.25, 0.3) is 5.69 Å². The number of aromatic nitrogens is 1. The number of hydrogen-bond donors (Lipinski definition) is 1. The summed E-state index contributed by atoms with van der Waals surface area (Å²) in [5.41, 5.74) is 3.86. The summed E-state index contributed by atoms with van der Waals surface area (Å²) in [5, 5.41) is 12.5. The second-order valence-electron chi connectivity index (χ2n) is 8.74. The highest BCUT2D eigenvalue weighted by molar-refractivity contribution is 5.92. The van der Waals surface area contributed by atoms with E-state index in [0.29, 0.717) is 18.6 Å². The number of non-ortho nitro benzene ring substituents is 1. The summed E-state index contributed by atoms with van der Waals surface area (Å²) in [6.45, 7) is 4.93. The van der Waals surface area contributed by atoms with Crippen LogP contribution >= 0.6 is 0 Å². The lowest BCUT2D eigenvalue weighted by molar-refractivity contribution is -0.383. The number of methoxy groups -OCH3 is 1. The minimum absolute atomic E-state index is 0.0513. The molecule has 1 fully saturated rings. The molecule has 7 heteroatoms. The van der Waals surface area contributed by atoms with Crippen molar-refractivity contribution in [2.24, 2.45) is 5.92 Å². The Kier molecular flexibility index (Phi) is 4.77. The van der Waals surface area contributed by atoms with Gasteiger partial charge < -0.3 is 14.6 Å². The van der Waals surface area contributed by atoms with Gasteiger partial charge in [-0.25, -0.2) is 0 Å². The van der Waals surface area contributed by atoms with Gasteiger partial charge in [-0.1, -0.05) is 30.8 Å². The van der Waals surface area contributed by atoms with E-state index in [9.17, 15) is 14.9 Å². The quantitative estimate of drug-likeness (QED) is 0.382. The van der Waals surface area contributed by atoms with Gasteiger partial charge in [0, 0.05) is 35.7 Å². The number of carbonyl (C=O) groups is 1. The number of ether oxygens (including phenoxy) is 1. The van der Waals surface area contributed by atoms with E-state index in [2.05, 4.69) is 23.7 Å². The third kappa shape index (κ3) is 2.99. The molecule has 2 atom stereocenters. The second kappa shape index (κ2) is 7.51. The number of piperidine rings is 1. The normalized spacial score (nSPS) is 22.2. The van der Waals surface area contributed by atoms with Gasteiger partial charge in [0.1, 0.15) is 11.3 Å². The predicted molar refractivity (Wildman–Crippen MR) is 122 cm³/mol. The average Bonchev–Trinajstić information content (AvgIpc) is 3.18. The SMILES string of the molecule is C=CC(=O)N1CCC2(c3cccc(OC)c3)Cc3[nH]c4c([N+](=O)[O-])cccc4c3CC2C1. The average molecular weight is 431 g/mol. The Morgan fingerprint density at radius 2 is 2.16 bits per heavy atom. The van der Waals surface area contributed by atoms with Crippen LogP contribution in [0.1, 0.15) is 23.2 Å². The first-order chi connectivity index (χ1) is 15.5. The molecule has 0 radical (unpaired) electrons. The molecule has 0 spiro atoms. The van der Waals surface area contributed by atoms with Gasteiger partial charge in [-0.15, -0.1) is 0 Å². The summed E-state index contributed by atoms with van der Waals surface area (Å²) in [4.78, 5) is 29.0. The van der Waals surface area contributed by atoms with Crippen molar-refractivity contribution in [1.29, 1.82) is 0 Å². The molecule has 2 unspecified atom stereocenters. The Bertz CT molecular complexity index is 1250. The minimum atomic E-state index is -0.334. The van der Waals surface area contributed by atoms with Crippen molar-refractivity contribution in [3.63, 3.8) is 0 Å². The molecule has 1 aromatic heterocycles. The second-order valence-corrected chi connectivity index (χ2v) is 8.74. The highest BCUT2D eigenvalue weighted by Crippen LogP contribution is 2.50. The van der Waals surface area contributed by atoms with E-state index < -0.39 is 0 Å². The van der Waals surface area contributed by atoms with Gasteiger partial charge in [-0.05, 0) is 54.5 Å². The molecule has 0 bridgehead atoms. The Hall–Kier alpha value is -3.61. The number of fused-ring (bicyclic) bond motifs is 4. The number of para-hydroxylation sites is 1. The van der Waals surface area contributed by atoms with Crippen molar-refractivity contribution < 1.29 is 14.5 Å². The van der Waals surface area contributed by atoms with Crippen LogP contribution < -0.4 is 4.74 Å². The molecule has 1 aliphatic heterocycles. The lowest BCUT2D eigenvalue weighted by Crippen LogP contribution is -2.54. The number of aromatic amines is 1. The molecular weight excluding hydrogens is 406 g/mol. The maximum Gasteiger partial charge on any atom is 0.293 e. The van der Waals surface area contributed by atoms with Crippen molar-refractivity contribution in [1.82, 2.24) is 9.88 Å². The van der Waals surface area contributed by atoms with Crippen LogP contribution in [0.3, 0.4) is 0 Å². The van der Waals surface area contributed by atoms with E-state index in [-0.39, 0.29) is 27.9 Å². The number of H-pyrrole nitrogens is 1. The van der Waals surface area contributed by atoms with Gasteiger partial charge in [-0.3, -0.25) is 14.9 Å². The smallest absolute Gasteiger partial charge is 0.293 e. The highest BCUT2D eigenvalue weighted by atomic mass is 16.6. The van der Waals surface area contributed by atoms with E-state index in [1.165, 1.54) is 11.6 Å². The number of nitro benzene ring substituents is 1. The van der Waals surface area contributed by atoms with Gasteiger partial charge in [0.15, 0.2) is 0 Å². The van der Waals surface area contributed by atoms with Gasteiger partial charge in [0.05, 0.1) is 12.0 Å². The number of nitrogens with one attached hydrogen (secondary N) is 1. The maximum atomic E-state index is 12.4. The Morgan fingerprint density at radius 3 is 2.91 bits per heavy atom. The Balaban J connectivity index is 1.66. The van der Waals surface area contributed by atoms with Crippen LogP contribution in [0, 0.1) is 16.0 Å². The number of hydrogen-bond acceptors (Lipinski definition) is 4. The first-order valence-corrected chi connectivity index (χ1v) is 10.8. The Morgan fingerprint density at radius 1 is 1.34 bits per heavy atom. The fraction of sp³-hybridized carbons (Fsp3) is 0.320. The highest BCUT2D eigenvalue weighted by Gasteiger charge is 2.49. The summed E-state index contributed by atoms with van der Waals surface area (Å²) >= 11 is 0. The van der Waals surface area contributed by atoms with Crippen LogP contribution in [0.15, 0.2) is 55.1 Å². The van der Waals surface area contributed by atoms with Crippen LogP contribution in [-0.4, -0.2) is 40.9 Å². The standard InChI is InChI=1S/C25H25N3O4/c1-3-23(29)27-11-10-25(16-6-4-7-18(12-16)32-2)14-21-20(13-17(25)15-27)19-8-5-9-22(28(30)31)24(19)26-21/h3-9,12,17,26H,1,10-11,13-15H2,2H3. The summed E-state index contributed by atoms with van der Waals surface area (Å²) < 4.78 is 5.50. The molecular formula is C25H25N3O4. The number of nitro groups is 1. The molecule has 0 saturated carbocycles. The number of nitrogens with zero attached hydrogens (tertiary/aromatic N) is 2. The Labute approximate surface area is 185 Å². The molecule has 1 saturated heterocycles. The molecule has 2 aromatic carbocycles. The third-order valence-electron chi connectivity index (χ3n) is 7.33. The van der Waals surface area contributed by atoms with E-state index in [4.69, 9.17) is 4.74 Å². The number of benzene rings is 2. The number of rotatable bonds is 4. The summed E-state index contributed by atoms with van der Waals surface area (Å²) in [7, 11) is 1.66. The molecule has 1 amide bonds. The maximum absolute atomic E-state index is 12.4. The lowest BCUT2D eigenvalue weighted by Gasteiger charge is -2.51. The number of amides is 1. The first kappa shape index (κ1) is 20.3. The van der Waals surface area contributed by atoms with Crippen molar-refractivity contribution >= 4 is 22.5 Å². The summed E-state index contributed by atoms with van der Waals surface area (Å²) in [5.74, 6) is 0.931. The van der Waals surface area contributed by atoms with Crippen molar-refractivity contribution in [3.05, 3.63) is 82.1 Å². The largest absolute Gasteiger partial charge is 0.497 e. The van der Waals surface area contributed by atoms with E-state index in [1.807, 2.05) is 23.1 Å². The predicted octanol–water partition coefficient (Wildman–Crippen LogP) is 4.16. The first-order valence-electron chi connectivity index (χ1n) is 10.8. The summed E-state index contributed by atoms with van der Waals surface area (Å²) in [6.07, 6.45) is 3.67. The van der Waals surface area contributed by atoms with Gasteiger partial charge in [0.2, 0.25) is 5.91 Å². The zero-order valence-electron chi connectivity index (χ0n) is 18.0. The van der Waals surface area contributed by atoms with Crippen molar-refractivity contribution in [2.45, 2.75) is 24.7 Å². The van der Waals surface area contributed by atoms with Crippen LogP contribution in [-0.2, 0) is 23.1 Å². The fourth-order valence-electron chi connectivity index (χ4n) is 5.72. The third-order valence-corrected chi connectivity index (χ3v) is 7.33. The molecule has 2 aliphatic rings. The molecule has 2 heterocycles. The molecule has 32 heavy (non-hydrogen) atoms. The van der Waals surface area contributed by atoms with Crippen molar-refractivity contribution in [3.8, 4) is 5.75 Å². The molecule has 7 nitrogen and oxygen atoms in total. The van der Waals surface area contributed by atoms with Crippen LogP contribution in [0.4, 0.5) is 5.69 Å². The fourth-order valence-corrected chi connectivity index (χ4v) is 5.72. The molecule has 1 N–H and O–H groups in total. The molecule has 164 valence electrons. The zero-order valence-corrected chi connectivity index (χ0v) is 18.0. The zero-order chi connectivity index (χ0) is 22.5. The lowest BCUT2D eigenvalue weighted by atomic mass is 9.58. The van der Waals surface area contributed by atoms with E-state index >= 15 is 0 Å². The van der Waals surface area contributed by atoms with Gasteiger partial charge >= 0.3 is 0 Å². The van der Waals surface area contributed by atoms with Crippen LogP contribution in [0.2, 0.25) is 0 Å². The number of carbonyl (C=O) groups excluding carboxylic acids is 1. The van der Waals surface area contributed by atoms with E-state index in [0.717, 1.165) is 41.7 Å². The molecule has 3 aromatic rings.